The fourth-order valence-corrected chi connectivity index (χ4v) is 1.61. The fraction of sp³-hybridized carbons (Fsp3) is 0.417. The Balaban J connectivity index is 3.15. The van der Waals surface area contributed by atoms with Crippen molar-refractivity contribution in [1.29, 1.82) is 0 Å². The number of methoxy groups -OCH3 is 1. The van der Waals surface area contributed by atoms with Crippen LogP contribution in [0.5, 0.6) is 0 Å². The van der Waals surface area contributed by atoms with E-state index in [1.165, 1.54) is 18.1 Å². The largest absolute Gasteiger partial charge is 0.468 e. The van der Waals surface area contributed by atoms with E-state index in [9.17, 15) is 19.3 Å². The lowest BCUT2D eigenvalue weighted by atomic mass is 10.2. The highest BCUT2D eigenvalue weighted by molar-refractivity contribution is 5.76. The van der Waals surface area contributed by atoms with Gasteiger partial charge >= 0.3 is 5.97 Å². The topological polar surface area (TPSA) is 72.7 Å². The van der Waals surface area contributed by atoms with E-state index in [2.05, 4.69) is 4.74 Å². The lowest BCUT2D eigenvalue weighted by Crippen LogP contribution is -2.36. The molecule has 0 bridgehead atoms. The zero-order valence-corrected chi connectivity index (χ0v) is 10.9. The summed E-state index contributed by atoms with van der Waals surface area (Å²) < 4.78 is 17.9. The predicted molar refractivity (Wildman–Crippen MR) is 67.6 cm³/mol. The van der Waals surface area contributed by atoms with Gasteiger partial charge in [0.05, 0.1) is 18.1 Å². The van der Waals surface area contributed by atoms with E-state index in [1.807, 2.05) is 0 Å². The molecule has 7 heteroatoms. The molecule has 0 heterocycles. The van der Waals surface area contributed by atoms with Crippen LogP contribution in [0.15, 0.2) is 18.2 Å². The molecule has 1 aromatic rings. The Morgan fingerprint density at radius 3 is 2.58 bits per heavy atom. The summed E-state index contributed by atoms with van der Waals surface area (Å²) in [6.07, 6.45) is 0. The van der Waals surface area contributed by atoms with E-state index in [0.717, 1.165) is 12.1 Å². The number of carbonyl (C=O) groups excluding carboxylic acids is 1. The lowest BCUT2D eigenvalue weighted by Gasteiger charge is -2.27. The average molecular weight is 270 g/mol. The van der Waals surface area contributed by atoms with Crippen molar-refractivity contribution < 1.29 is 18.8 Å². The van der Waals surface area contributed by atoms with Crippen LogP contribution in [0, 0.1) is 15.9 Å². The Hall–Kier alpha value is -2.18. The van der Waals surface area contributed by atoms with Crippen LogP contribution in [-0.2, 0) is 9.53 Å². The van der Waals surface area contributed by atoms with Crippen molar-refractivity contribution in [3.8, 4) is 0 Å². The third-order valence-corrected chi connectivity index (χ3v) is 2.56. The zero-order valence-electron chi connectivity index (χ0n) is 10.9. The first-order valence-corrected chi connectivity index (χ1v) is 5.63. The van der Waals surface area contributed by atoms with Crippen LogP contribution < -0.4 is 4.90 Å². The quantitative estimate of drug-likeness (QED) is 0.465. The van der Waals surface area contributed by atoms with Gasteiger partial charge in [0.2, 0.25) is 0 Å². The number of anilines is 1. The molecule has 1 aromatic carbocycles. The van der Waals surface area contributed by atoms with Gasteiger partial charge in [-0.25, -0.2) is 4.39 Å². The first-order chi connectivity index (χ1) is 8.85. The van der Waals surface area contributed by atoms with Gasteiger partial charge in [-0.2, -0.15) is 0 Å². The molecule has 19 heavy (non-hydrogen) atoms. The molecule has 0 aromatic heterocycles. The van der Waals surface area contributed by atoms with Crippen molar-refractivity contribution in [1.82, 2.24) is 0 Å². The van der Waals surface area contributed by atoms with Crippen molar-refractivity contribution >= 4 is 17.3 Å². The van der Waals surface area contributed by atoms with Crippen LogP contribution in [0.4, 0.5) is 15.8 Å². The Kier molecular flexibility index (Phi) is 4.80. The van der Waals surface area contributed by atoms with Gasteiger partial charge in [-0.05, 0) is 19.9 Å². The second-order valence-electron chi connectivity index (χ2n) is 4.22. The smallest absolute Gasteiger partial charge is 0.325 e. The summed E-state index contributed by atoms with van der Waals surface area (Å²) in [7, 11) is 1.24. The van der Waals surface area contributed by atoms with Crippen LogP contribution in [-0.4, -0.2) is 30.6 Å². The third kappa shape index (κ3) is 3.90. The number of hydrogen-bond acceptors (Lipinski definition) is 5. The molecule has 0 aliphatic carbocycles. The van der Waals surface area contributed by atoms with Gasteiger partial charge in [0.15, 0.2) is 0 Å². The second-order valence-corrected chi connectivity index (χ2v) is 4.22. The Morgan fingerprint density at radius 1 is 1.47 bits per heavy atom. The zero-order chi connectivity index (χ0) is 14.6. The van der Waals surface area contributed by atoms with Gasteiger partial charge in [-0.15, -0.1) is 0 Å². The molecule has 0 amide bonds. The van der Waals surface area contributed by atoms with Crippen LogP contribution in [0.1, 0.15) is 13.8 Å². The SMILES string of the molecule is COC(=O)CN(c1cc(F)cc([N+](=O)[O-])c1)C(C)C. The summed E-state index contributed by atoms with van der Waals surface area (Å²) in [5.74, 6) is -1.22. The summed E-state index contributed by atoms with van der Waals surface area (Å²) in [5, 5.41) is 10.7. The molecular weight excluding hydrogens is 255 g/mol. The predicted octanol–water partition coefficient (Wildman–Crippen LogP) is 2.12. The maximum Gasteiger partial charge on any atom is 0.325 e. The summed E-state index contributed by atoms with van der Waals surface area (Å²) >= 11 is 0. The van der Waals surface area contributed by atoms with Crippen molar-refractivity contribution in [3.63, 3.8) is 0 Å². The number of esters is 1. The van der Waals surface area contributed by atoms with Gasteiger partial charge in [0.1, 0.15) is 12.4 Å². The number of benzene rings is 1. The van der Waals surface area contributed by atoms with Gasteiger partial charge in [-0.1, -0.05) is 0 Å². The van der Waals surface area contributed by atoms with Gasteiger partial charge < -0.3 is 9.64 Å². The molecule has 0 atom stereocenters. The molecule has 0 saturated heterocycles. The van der Waals surface area contributed by atoms with Crippen LogP contribution in [0.25, 0.3) is 0 Å². The molecule has 104 valence electrons. The third-order valence-electron chi connectivity index (χ3n) is 2.56. The van der Waals surface area contributed by atoms with Crippen LogP contribution >= 0.6 is 0 Å². The minimum atomic E-state index is -0.722. The highest BCUT2D eigenvalue weighted by atomic mass is 19.1. The molecule has 0 unspecified atom stereocenters. The minimum Gasteiger partial charge on any atom is -0.468 e. The molecular formula is C12H15FN2O4. The van der Waals surface area contributed by atoms with Crippen molar-refractivity contribution in [3.05, 3.63) is 34.1 Å². The number of non-ortho nitro benzene ring substituents is 1. The number of carbonyl (C=O) groups is 1. The molecule has 1 rings (SSSR count). The summed E-state index contributed by atoms with van der Waals surface area (Å²) in [5.41, 5.74) is -0.0855. The lowest BCUT2D eigenvalue weighted by molar-refractivity contribution is -0.385. The van der Waals surface area contributed by atoms with Gasteiger partial charge in [0, 0.05) is 17.8 Å². The van der Waals surface area contributed by atoms with Gasteiger partial charge in [-0.3, -0.25) is 14.9 Å². The van der Waals surface area contributed by atoms with E-state index >= 15 is 0 Å². The second kappa shape index (κ2) is 6.12. The van der Waals surface area contributed by atoms with E-state index in [-0.39, 0.29) is 24.0 Å². The first-order valence-electron chi connectivity index (χ1n) is 5.63. The van der Waals surface area contributed by atoms with Crippen LogP contribution in [0.2, 0.25) is 0 Å². The molecule has 0 aliphatic heterocycles. The molecule has 0 N–H and O–H groups in total. The number of hydrogen-bond donors (Lipinski definition) is 0. The van der Waals surface area contributed by atoms with Gasteiger partial charge in [0.25, 0.3) is 5.69 Å². The normalized spacial score (nSPS) is 10.4. The summed E-state index contributed by atoms with van der Waals surface area (Å²) in [6.45, 7) is 3.48. The number of nitrogens with zero attached hydrogens (tertiary/aromatic N) is 2. The van der Waals surface area contributed by atoms with Crippen molar-refractivity contribution in [2.75, 3.05) is 18.6 Å². The monoisotopic (exact) mass is 270 g/mol. The number of ether oxygens (including phenoxy) is 1. The van der Waals surface area contributed by atoms with Crippen molar-refractivity contribution in [2.45, 2.75) is 19.9 Å². The molecule has 6 nitrogen and oxygen atoms in total. The number of rotatable bonds is 5. The average Bonchev–Trinajstić information content (AvgIpc) is 2.34. The fourth-order valence-electron chi connectivity index (χ4n) is 1.61. The summed E-state index contributed by atoms with van der Waals surface area (Å²) in [6, 6.07) is 3.07. The standard InChI is InChI=1S/C12H15FN2O4/c1-8(2)14(7-12(16)19-3)10-4-9(13)5-11(6-10)15(17)18/h4-6,8H,7H2,1-3H3. The molecule has 0 radical (unpaired) electrons. The summed E-state index contributed by atoms with van der Waals surface area (Å²) in [4.78, 5) is 22.9. The van der Waals surface area contributed by atoms with E-state index in [4.69, 9.17) is 0 Å². The Labute approximate surface area is 109 Å². The highest BCUT2D eigenvalue weighted by Gasteiger charge is 2.19. The van der Waals surface area contributed by atoms with Crippen molar-refractivity contribution in [2.24, 2.45) is 0 Å². The number of halogens is 1. The van der Waals surface area contributed by atoms with E-state index < -0.39 is 16.7 Å². The number of nitro benzene ring substituents is 1. The first kappa shape index (κ1) is 14.9. The maximum atomic E-state index is 13.4. The molecule has 0 aliphatic rings. The number of nitro groups is 1. The Morgan fingerprint density at radius 2 is 2.11 bits per heavy atom. The molecule has 0 fully saturated rings. The Bertz CT molecular complexity index is 491. The molecule has 0 spiro atoms. The minimum absolute atomic E-state index is 0.102. The molecule has 0 saturated carbocycles. The highest BCUT2D eigenvalue weighted by Crippen LogP contribution is 2.24. The van der Waals surface area contributed by atoms with E-state index in [1.54, 1.807) is 13.8 Å². The maximum absolute atomic E-state index is 13.4. The van der Waals surface area contributed by atoms with E-state index in [0.29, 0.717) is 0 Å². The van der Waals surface area contributed by atoms with Crippen LogP contribution in [0.3, 0.4) is 0 Å².